The third-order valence-electron chi connectivity index (χ3n) is 14.9. The van der Waals surface area contributed by atoms with Gasteiger partial charge in [0.1, 0.15) is 11.6 Å². The first-order chi connectivity index (χ1) is 34.8. The van der Waals surface area contributed by atoms with Gasteiger partial charge in [0.25, 0.3) is 0 Å². The summed E-state index contributed by atoms with van der Waals surface area (Å²) in [5.74, 6) is 4.60. The van der Waals surface area contributed by atoms with E-state index in [0.29, 0.717) is 11.4 Å². The van der Waals surface area contributed by atoms with Crippen LogP contribution in [0.25, 0.3) is 56.7 Å². The molecule has 388 valence electrons. The summed E-state index contributed by atoms with van der Waals surface area (Å²) in [5.41, 5.74) is 17.1. The van der Waals surface area contributed by atoms with Crippen molar-refractivity contribution in [2.75, 3.05) is 4.81 Å². The Morgan fingerprint density at radius 3 is 1.71 bits per heavy atom. The molecule has 0 atom stereocenters. The molecule has 0 saturated heterocycles. The van der Waals surface area contributed by atoms with Gasteiger partial charge in [-0.05, 0) is 114 Å². The maximum atomic E-state index is 12.9. The quantitative estimate of drug-likeness (QED) is 0.116. The van der Waals surface area contributed by atoms with Crippen molar-refractivity contribution in [2.24, 2.45) is 0 Å². The maximum Gasteiger partial charge on any atom is 0.321 e. The van der Waals surface area contributed by atoms with Crippen LogP contribution in [0.4, 0.5) is 11.5 Å². The summed E-state index contributed by atoms with van der Waals surface area (Å²) in [4.78, 5) is 13.5. The Bertz CT molecular complexity index is 3370. The van der Waals surface area contributed by atoms with Crippen molar-refractivity contribution in [2.45, 2.75) is 144 Å². The number of phenols is 1. The van der Waals surface area contributed by atoms with Gasteiger partial charge >= 0.3 is 6.85 Å². The molecule has 1 aliphatic heterocycles. The smallest absolute Gasteiger partial charge is 0.321 e. The van der Waals surface area contributed by atoms with Crippen LogP contribution >= 0.6 is 0 Å². The first-order valence-electron chi connectivity index (χ1n) is 26.7. The SMILES string of the molecule is CC(C)c1cccc(C(C)C)c1B1C=Cc2c(nc(-c3cc(C(C)(C)C)cc(C(C)(C)C)c3O)n2-c2ccc(C(C)(C)C)cc2-c2ccccc2)N1c1[c-]c(-c2cc(-c3ccccc3)ccn2)cc(C(C)(C)C)c1.[Pt]. The molecule has 0 spiro atoms. The number of hydrogen-bond donors (Lipinski definition) is 1. The van der Waals surface area contributed by atoms with Crippen LogP contribution in [0.3, 0.4) is 0 Å². The molecule has 0 saturated carbocycles. The summed E-state index contributed by atoms with van der Waals surface area (Å²) < 4.78 is 2.33. The monoisotopic (exact) mass is 1170 g/mol. The van der Waals surface area contributed by atoms with Crippen molar-refractivity contribution in [1.29, 1.82) is 0 Å². The van der Waals surface area contributed by atoms with E-state index in [1.165, 1.54) is 27.7 Å². The van der Waals surface area contributed by atoms with Crippen LogP contribution in [0.15, 0.2) is 146 Å². The third kappa shape index (κ3) is 10.9. The molecule has 0 aliphatic carbocycles. The fourth-order valence-electron chi connectivity index (χ4n) is 10.5. The van der Waals surface area contributed by atoms with E-state index in [1.807, 2.05) is 6.20 Å². The van der Waals surface area contributed by atoms with Gasteiger partial charge in [0.2, 0.25) is 0 Å². The number of nitrogens with zero attached hydrogens (tertiary/aromatic N) is 4. The van der Waals surface area contributed by atoms with Crippen molar-refractivity contribution in [3.05, 3.63) is 191 Å². The zero-order chi connectivity index (χ0) is 53.2. The average molecular weight is 1170 g/mol. The Morgan fingerprint density at radius 1 is 0.560 bits per heavy atom. The molecule has 1 aliphatic rings. The topological polar surface area (TPSA) is 54.2 Å². The second kappa shape index (κ2) is 20.7. The van der Waals surface area contributed by atoms with E-state index in [2.05, 4.69) is 272 Å². The molecular weight excluding hydrogens is 1090 g/mol. The number of anilines is 2. The van der Waals surface area contributed by atoms with Crippen LogP contribution in [0.5, 0.6) is 5.75 Å². The van der Waals surface area contributed by atoms with Gasteiger partial charge in [-0.1, -0.05) is 220 Å². The summed E-state index contributed by atoms with van der Waals surface area (Å²) in [6.45, 7) is 35.9. The molecule has 3 heterocycles. The van der Waals surface area contributed by atoms with Gasteiger partial charge in [-0.25, -0.2) is 4.98 Å². The molecule has 1 N–H and O–H groups in total. The van der Waals surface area contributed by atoms with Crippen LogP contribution in [0, 0.1) is 6.07 Å². The van der Waals surface area contributed by atoms with Gasteiger partial charge in [-0.15, -0.1) is 29.3 Å². The Labute approximate surface area is 464 Å². The van der Waals surface area contributed by atoms with Crippen molar-refractivity contribution < 1.29 is 26.2 Å². The minimum atomic E-state index is -0.365. The van der Waals surface area contributed by atoms with E-state index in [-0.39, 0.29) is 67.2 Å². The molecule has 0 amide bonds. The predicted octanol–water partition coefficient (Wildman–Crippen LogP) is 17.5. The van der Waals surface area contributed by atoms with Gasteiger partial charge in [0, 0.05) is 38.4 Å². The Kier molecular flexibility index (Phi) is 15.2. The Morgan fingerprint density at radius 2 is 1.13 bits per heavy atom. The van der Waals surface area contributed by atoms with E-state index in [1.54, 1.807) is 0 Å². The molecule has 7 heteroatoms. The largest absolute Gasteiger partial charge is 0.507 e. The Hall–Kier alpha value is -6.23. The van der Waals surface area contributed by atoms with E-state index >= 15 is 0 Å². The van der Waals surface area contributed by atoms with Crippen LogP contribution in [-0.2, 0) is 42.7 Å². The number of phenolic OH excluding ortho intramolecular Hbond substituents is 1. The van der Waals surface area contributed by atoms with Crippen LogP contribution in [0.1, 0.15) is 162 Å². The zero-order valence-electron chi connectivity index (χ0n) is 47.2. The zero-order valence-corrected chi connectivity index (χ0v) is 49.5. The maximum absolute atomic E-state index is 12.9. The van der Waals surface area contributed by atoms with Crippen molar-refractivity contribution in [3.63, 3.8) is 0 Å². The Balaban J connectivity index is 0.00000747. The van der Waals surface area contributed by atoms with Crippen LogP contribution < -0.4 is 10.3 Å². The van der Waals surface area contributed by atoms with Gasteiger partial charge in [0.05, 0.1) is 16.9 Å². The second-order valence-electron chi connectivity index (χ2n) is 25.3. The number of pyridine rings is 1. The van der Waals surface area contributed by atoms with E-state index < -0.39 is 0 Å². The molecule has 0 unspecified atom stereocenters. The average Bonchev–Trinajstić information content (AvgIpc) is 3.74. The minimum Gasteiger partial charge on any atom is -0.507 e. The number of imidazole rings is 1. The van der Waals surface area contributed by atoms with E-state index in [4.69, 9.17) is 9.97 Å². The number of aromatic hydroxyl groups is 1. The first-order valence-corrected chi connectivity index (χ1v) is 26.7. The summed E-state index contributed by atoms with van der Waals surface area (Å²) >= 11 is 0. The second-order valence-corrected chi connectivity index (χ2v) is 25.3. The number of benzene rings is 6. The predicted molar refractivity (Wildman–Crippen MR) is 316 cm³/mol. The van der Waals surface area contributed by atoms with Crippen molar-refractivity contribution >= 4 is 29.9 Å². The summed E-state index contributed by atoms with van der Waals surface area (Å²) in [7, 11) is 0. The number of fused-ring (bicyclic) bond motifs is 1. The van der Waals surface area contributed by atoms with Gasteiger partial charge in [0.15, 0.2) is 5.82 Å². The summed E-state index contributed by atoms with van der Waals surface area (Å²) in [5, 5.41) is 12.9. The van der Waals surface area contributed by atoms with Crippen LogP contribution in [-0.4, -0.2) is 26.5 Å². The van der Waals surface area contributed by atoms with Gasteiger partial charge < -0.3 is 14.9 Å². The molecule has 75 heavy (non-hydrogen) atoms. The molecule has 9 rings (SSSR count). The van der Waals surface area contributed by atoms with Gasteiger partial charge in [-0.3, -0.25) is 4.57 Å². The number of hydrogen-bond acceptors (Lipinski definition) is 4. The standard InChI is InChI=1S/C68H76BN4O.Pt/c1-43(2)53-28-23-29-54(44(3)4)61(53)69-34-32-60-64(73(69)52-37-48(36-50(39-52)66(8,9)10)58-38-47(33-35-70-58)45-24-19-17-20-25-45)71-63(56-41-51(67(11,12)13)42-57(62(56)74)68(14,15)16)72(60)59-31-30-49(65(5,6)7)40-55(59)46-26-21-18-22-27-46;/h17-36,38-44,74H,1-16H3;/q-1;. The molecule has 0 radical (unpaired) electrons. The molecule has 6 aromatic carbocycles. The minimum absolute atomic E-state index is 0. The number of rotatable bonds is 9. The normalized spacial score (nSPS) is 13.1. The first kappa shape index (κ1) is 55.0. The molecular formula is C68H76BN4OPt-. The van der Waals surface area contributed by atoms with E-state index in [9.17, 15) is 5.11 Å². The summed E-state index contributed by atoms with van der Waals surface area (Å²) in [6.07, 6.45) is 4.22. The molecule has 8 aromatic rings. The van der Waals surface area contributed by atoms with E-state index in [0.717, 1.165) is 67.5 Å². The number of aromatic nitrogens is 3. The van der Waals surface area contributed by atoms with Crippen molar-refractivity contribution in [1.82, 2.24) is 14.5 Å². The van der Waals surface area contributed by atoms with Gasteiger partial charge in [-0.2, -0.15) is 0 Å². The third-order valence-corrected chi connectivity index (χ3v) is 14.9. The van der Waals surface area contributed by atoms with Crippen LogP contribution in [0.2, 0.25) is 0 Å². The molecule has 2 aromatic heterocycles. The fraction of sp³-hybridized carbons (Fsp3) is 0.324. The molecule has 5 nitrogen and oxygen atoms in total. The molecule has 0 bridgehead atoms. The fourth-order valence-corrected chi connectivity index (χ4v) is 10.5. The van der Waals surface area contributed by atoms with Crippen molar-refractivity contribution in [3.8, 4) is 56.3 Å². The molecule has 0 fully saturated rings. The summed E-state index contributed by atoms with van der Waals surface area (Å²) in [6, 6.07) is 52.3.